The van der Waals surface area contributed by atoms with Crippen LogP contribution in [0.1, 0.15) is 86.5 Å². The van der Waals surface area contributed by atoms with Crippen LogP contribution < -0.4 is 5.32 Å². The minimum atomic E-state index is -0.630. The predicted octanol–water partition coefficient (Wildman–Crippen LogP) is 7.35. The Hall–Kier alpha value is -2.35. The fourth-order valence-electron chi connectivity index (χ4n) is 4.23. The van der Waals surface area contributed by atoms with Crippen molar-refractivity contribution in [2.75, 3.05) is 13.7 Å². The van der Waals surface area contributed by atoms with Gasteiger partial charge in [-0.25, -0.2) is 9.78 Å². The number of carbonyl (C=O) groups is 2. The quantitative estimate of drug-likeness (QED) is 0.397. The molecule has 2 N–H and O–H groups in total. The van der Waals surface area contributed by atoms with E-state index in [9.17, 15) is 9.59 Å². The summed E-state index contributed by atoms with van der Waals surface area (Å²) in [7, 11) is 1.31. The first-order chi connectivity index (χ1) is 17.3. The van der Waals surface area contributed by atoms with Gasteiger partial charge in [-0.3, -0.25) is 4.79 Å². The highest BCUT2D eigenvalue weighted by atomic mass is 79.9. The topological polar surface area (TPSA) is 87.3 Å². The van der Waals surface area contributed by atoms with Gasteiger partial charge in [0.2, 0.25) is 5.91 Å². The lowest BCUT2D eigenvalue weighted by atomic mass is 10.0. The summed E-state index contributed by atoms with van der Waals surface area (Å²) in [4.78, 5) is 35.2. The highest BCUT2D eigenvalue weighted by molar-refractivity contribution is 9.10. The zero-order valence-electron chi connectivity index (χ0n) is 23.4. The SMILES string of the molecule is CC.CC.CC.COC(=O)NC(C(=O)N1CC2(CC2)CC1c1ncc(-c2ccc(Br)cc2)[nH]1)C(C)C. The maximum absolute atomic E-state index is 13.5. The molecule has 7 nitrogen and oxygen atoms in total. The van der Waals surface area contributed by atoms with Crippen LogP contribution in [0, 0.1) is 11.3 Å². The Kier molecular flexibility index (Phi) is 13.2. The van der Waals surface area contributed by atoms with Gasteiger partial charge in [0.1, 0.15) is 11.9 Å². The normalized spacial score (nSPS) is 17.5. The lowest BCUT2D eigenvalue weighted by molar-refractivity contribution is -0.135. The van der Waals surface area contributed by atoms with Crippen LogP contribution in [-0.4, -0.2) is 46.6 Å². The van der Waals surface area contributed by atoms with E-state index >= 15 is 0 Å². The number of carbonyl (C=O) groups excluding carboxylic acids is 2. The van der Waals surface area contributed by atoms with Crippen molar-refractivity contribution < 1.29 is 14.3 Å². The number of nitrogens with one attached hydrogen (secondary N) is 2. The molecule has 1 aromatic heterocycles. The zero-order chi connectivity index (χ0) is 27.5. The highest BCUT2D eigenvalue weighted by Crippen LogP contribution is 2.58. The standard InChI is InChI=1S/C22H27BrN4O3.3C2H6/c1-13(2)18(26-21(29)30-3)20(28)27-12-22(8-9-22)10-17(27)19-24-11-16(25-19)14-4-6-15(23)7-5-14;3*1-2/h4-7,11,13,17-18H,8-10,12H2,1-3H3,(H,24,25)(H,26,29);3*1-2H3. The summed E-state index contributed by atoms with van der Waals surface area (Å²) in [5, 5.41) is 2.71. The molecule has 8 heteroatoms. The first-order valence-corrected chi connectivity index (χ1v) is 14.1. The average molecular weight is 566 g/mol. The number of likely N-dealkylation sites (tertiary alicyclic amines) is 1. The molecule has 2 aromatic rings. The van der Waals surface area contributed by atoms with Crippen molar-refractivity contribution in [2.45, 2.75) is 86.7 Å². The van der Waals surface area contributed by atoms with Crippen LogP contribution in [0.3, 0.4) is 0 Å². The Bertz CT molecular complexity index is 939. The van der Waals surface area contributed by atoms with Crippen LogP contribution in [0.15, 0.2) is 34.9 Å². The summed E-state index contributed by atoms with van der Waals surface area (Å²) < 4.78 is 5.75. The molecule has 1 spiro atoms. The number of amides is 2. The van der Waals surface area contributed by atoms with Crippen LogP contribution in [0.5, 0.6) is 0 Å². The number of aromatic nitrogens is 2. The van der Waals surface area contributed by atoms with Gasteiger partial charge in [0.05, 0.1) is 25.0 Å². The number of H-pyrrole nitrogens is 1. The first kappa shape index (κ1) is 31.7. The van der Waals surface area contributed by atoms with Crippen molar-refractivity contribution in [1.29, 1.82) is 0 Å². The molecular weight excluding hydrogens is 520 g/mol. The predicted molar refractivity (Wildman–Crippen MR) is 151 cm³/mol. The van der Waals surface area contributed by atoms with Gasteiger partial charge in [0.15, 0.2) is 0 Å². The molecule has 202 valence electrons. The number of aromatic amines is 1. The van der Waals surface area contributed by atoms with Crippen LogP contribution in [0.25, 0.3) is 11.3 Å². The molecule has 0 radical (unpaired) electrons. The van der Waals surface area contributed by atoms with Crippen molar-refractivity contribution in [2.24, 2.45) is 11.3 Å². The molecule has 1 aliphatic heterocycles. The van der Waals surface area contributed by atoms with Crippen LogP contribution in [0.4, 0.5) is 4.79 Å². The molecule has 1 aromatic carbocycles. The Morgan fingerprint density at radius 3 is 2.19 bits per heavy atom. The molecule has 4 rings (SSSR count). The fourth-order valence-corrected chi connectivity index (χ4v) is 4.50. The molecule has 2 fully saturated rings. The minimum Gasteiger partial charge on any atom is -0.453 e. The maximum atomic E-state index is 13.5. The summed E-state index contributed by atoms with van der Waals surface area (Å²) in [5.41, 5.74) is 2.16. The van der Waals surface area contributed by atoms with Crippen molar-refractivity contribution in [3.8, 4) is 11.3 Å². The second-order valence-corrected chi connectivity index (χ2v) is 9.65. The number of benzene rings is 1. The number of hydrogen-bond acceptors (Lipinski definition) is 4. The monoisotopic (exact) mass is 564 g/mol. The van der Waals surface area contributed by atoms with Crippen molar-refractivity contribution in [3.05, 3.63) is 40.8 Å². The van der Waals surface area contributed by atoms with Crippen molar-refractivity contribution in [3.63, 3.8) is 0 Å². The summed E-state index contributed by atoms with van der Waals surface area (Å²) in [6, 6.07) is 7.28. The average Bonchev–Trinajstić information content (AvgIpc) is 3.31. The van der Waals surface area contributed by atoms with Crippen LogP contribution in [-0.2, 0) is 9.53 Å². The number of imidazole rings is 1. The first-order valence-electron chi connectivity index (χ1n) is 13.3. The van der Waals surface area contributed by atoms with Gasteiger partial charge in [-0.1, -0.05) is 83.5 Å². The van der Waals surface area contributed by atoms with Gasteiger partial charge in [-0.2, -0.15) is 0 Å². The van der Waals surface area contributed by atoms with Gasteiger partial charge < -0.3 is 19.9 Å². The number of rotatable bonds is 5. The molecular formula is C28H45BrN4O3. The van der Waals surface area contributed by atoms with Crippen molar-refractivity contribution in [1.82, 2.24) is 20.2 Å². The number of halogens is 1. The minimum absolute atomic E-state index is 0.0528. The Balaban J connectivity index is 0.00000101. The second-order valence-electron chi connectivity index (χ2n) is 8.73. The third kappa shape index (κ3) is 7.82. The summed E-state index contributed by atoms with van der Waals surface area (Å²) in [6.07, 6.45) is 4.39. The number of hydrogen-bond donors (Lipinski definition) is 2. The largest absolute Gasteiger partial charge is 0.453 e. The number of methoxy groups -OCH3 is 1. The van der Waals surface area contributed by atoms with Gasteiger partial charge in [-0.05, 0) is 48.3 Å². The lowest BCUT2D eigenvalue weighted by Crippen LogP contribution is -2.51. The number of nitrogens with zero attached hydrogens (tertiary/aromatic N) is 2. The van der Waals surface area contributed by atoms with E-state index in [1.165, 1.54) is 7.11 Å². The summed E-state index contributed by atoms with van der Waals surface area (Å²) in [5.74, 6) is 0.666. The molecule has 36 heavy (non-hydrogen) atoms. The van der Waals surface area contributed by atoms with E-state index in [1.807, 2.05) is 90.8 Å². The van der Waals surface area contributed by atoms with E-state index in [1.54, 1.807) is 0 Å². The van der Waals surface area contributed by atoms with E-state index < -0.39 is 12.1 Å². The van der Waals surface area contributed by atoms with E-state index in [-0.39, 0.29) is 23.3 Å². The van der Waals surface area contributed by atoms with Gasteiger partial charge >= 0.3 is 6.09 Å². The van der Waals surface area contributed by atoms with Crippen molar-refractivity contribution >= 4 is 27.9 Å². The molecule has 1 saturated carbocycles. The molecule has 2 aliphatic rings. The summed E-state index contributed by atoms with van der Waals surface area (Å²) in [6.45, 7) is 16.6. The molecule has 2 unspecified atom stereocenters. The molecule has 2 heterocycles. The Morgan fingerprint density at radius 2 is 1.69 bits per heavy atom. The molecule has 1 saturated heterocycles. The third-order valence-electron chi connectivity index (χ3n) is 6.21. The smallest absolute Gasteiger partial charge is 0.407 e. The number of alkyl carbamates (subject to hydrolysis) is 1. The summed E-state index contributed by atoms with van der Waals surface area (Å²) >= 11 is 3.46. The molecule has 2 atom stereocenters. The van der Waals surface area contributed by atoms with E-state index in [0.29, 0.717) is 6.54 Å². The Morgan fingerprint density at radius 1 is 1.11 bits per heavy atom. The third-order valence-corrected chi connectivity index (χ3v) is 6.73. The van der Waals surface area contributed by atoms with Crippen LogP contribution in [0.2, 0.25) is 0 Å². The maximum Gasteiger partial charge on any atom is 0.407 e. The Labute approximate surface area is 225 Å². The molecule has 1 aliphatic carbocycles. The molecule has 0 bridgehead atoms. The van der Waals surface area contributed by atoms with Crippen LogP contribution >= 0.6 is 15.9 Å². The zero-order valence-corrected chi connectivity index (χ0v) is 25.0. The van der Waals surface area contributed by atoms with E-state index in [2.05, 4.69) is 31.2 Å². The van der Waals surface area contributed by atoms with E-state index in [0.717, 1.165) is 40.8 Å². The van der Waals surface area contributed by atoms with Gasteiger partial charge in [0.25, 0.3) is 0 Å². The van der Waals surface area contributed by atoms with Gasteiger partial charge in [-0.15, -0.1) is 0 Å². The van der Waals surface area contributed by atoms with Gasteiger partial charge in [0, 0.05) is 11.0 Å². The number of ether oxygens (including phenoxy) is 1. The highest BCUT2D eigenvalue weighted by Gasteiger charge is 2.55. The molecule has 2 amide bonds. The van der Waals surface area contributed by atoms with E-state index in [4.69, 9.17) is 4.74 Å². The fraction of sp³-hybridized carbons (Fsp3) is 0.607. The lowest BCUT2D eigenvalue weighted by Gasteiger charge is -2.30. The second kappa shape index (κ2) is 15.0.